The number of benzene rings is 2. The average Bonchev–Trinajstić information content (AvgIpc) is 3.02. The van der Waals surface area contributed by atoms with Gasteiger partial charge in [0, 0.05) is 18.0 Å². The predicted octanol–water partition coefficient (Wildman–Crippen LogP) is 2.96. The number of rotatable bonds is 4. The lowest BCUT2D eigenvalue weighted by atomic mass is 10.1. The number of primary sulfonamides is 1. The molecule has 1 aromatic heterocycles. The van der Waals surface area contributed by atoms with Gasteiger partial charge in [-0.3, -0.25) is 4.79 Å². The van der Waals surface area contributed by atoms with Gasteiger partial charge in [-0.05, 0) is 49.2 Å². The minimum absolute atomic E-state index is 0.0313. The fraction of sp³-hybridized carbons (Fsp3) is 0.211. The zero-order valence-electron chi connectivity index (χ0n) is 14.9. The van der Waals surface area contributed by atoms with Crippen molar-refractivity contribution in [2.75, 3.05) is 7.05 Å². The molecule has 0 aliphatic heterocycles. The van der Waals surface area contributed by atoms with Gasteiger partial charge in [0.15, 0.2) is 0 Å². The molecule has 0 radical (unpaired) electrons. The molecule has 3 aromatic rings. The van der Waals surface area contributed by atoms with Gasteiger partial charge in [0.2, 0.25) is 10.0 Å². The number of amides is 1. The first-order chi connectivity index (χ1) is 12.2. The number of nitrogens with zero attached hydrogens (tertiary/aromatic N) is 1. The summed E-state index contributed by atoms with van der Waals surface area (Å²) >= 11 is 0. The molecule has 7 heteroatoms. The van der Waals surface area contributed by atoms with E-state index in [4.69, 9.17) is 5.14 Å². The molecule has 0 saturated carbocycles. The molecule has 136 valence electrons. The van der Waals surface area contributed by atoms with Crippen molar-refractivity contribution in [3.8, 4) is 0 Å². The van der Waals surface area contributed by atoms with Crippen molar-refractivity contribution in [3.05, 3.63) is 65.4 Å². The molecule has 1 atom stereocenters. The third-order valence-corrected chi connectivity index (χ3v) is 5.49. The molecule has 3 rings (SSSR count). The molecule has 6 nitrogen and oxygen atoms in total. The number of carbonyl (C=O) groups is 1. The monoisotopic (exact) mass is 371 g/mol. The van der Waals surface area contributed by atoms with Crippen molar-refractivity contribution < 1.29 is 13.2 Å². The van der Waals surface area contributed by atoms with Crippen LogP contribution in [0.4, 0.5) is 0 Å². The summed E-state index contributed by atoms with van der Waals surface area (Å²) in [5.74, 6) is -0.174. The smallest absolute Gasteiger partial charge is 0.270 e. The number of nitrogens with two attached hydrogens (primary N) is 1. The second-order valence-corrected chi connectivity index (χ2v) is 8.04. The summed E-state index contributed by atoms with van der Waals surface area (Å²) in [7, 11) is -2.10. The number of aromatic nitrogens is 1. The number of fused-ring (bicyclic) bond motifs is 1. The van der Waals surface area contributed by atoms with E-state index < -0.39 is 10.0 Å². The lowest BCUT2D eigenvalue weighted by molar-refractivity contribution is 0.0737. The van der Waals surface area contributed by atoms with Crippen LogP contribution in [-0.2, 0) is 10.0 Å². The van der Waals surface area contributed by atoms with Crippen molar-refractivity contribution in [3.63, 3.8) is 0 Å². The Morgan fingerprint density at radius 3 is 2.58 bits per heavy atom. The van der Waals surface area contributed by atoms with Gasteiger partial charge < -0.3 is 9.88 Å². The molecule has 0 aliphatic carbocycles. The van der Waals surface area contributed by atoms with E-state index in [0.29, 0.717) is 11.3 Å². The Kier molecular flexibility index (Phi) is 4.60. The molecule has 2 aromatic carbocycles. The number of nitrogens with one attached hydrogen (secondary N) is 1. The van der Waals surface area contributed by atoms with Gasteiger partial charge in [0.1, 0.15) is 5.69 Å². The maximum absolute atomic E-state index is 12.8. The summed E-state index contributed by atoms with van der Waals surface area (Å²) in [5, 5.41) is 6.16. The number of carbonyl (C=O) groups excluding carboxylic acids is 1. The van der Waals surface area contributed by atoms with Gasteiger partial charge >= 0.3 is 0 Å². The highest BCUT2D eigenvalue weighted by atomic mass is 32.2. The normalized spacial score (nSPS) is 12.9. The van der Waals surface area contributed by atoms with E-state index in [1.54, 1.807) is 24.1 Å². The van der Waals surface area contributed by atoms with Crippen molar-refractivity contribution in [1.29, 1.82) is 0 Å². The summed E-state index contributed by atoms with van der Waals surface area (Å²) < 4.78 is 23.1. The zero-order chi connectivity index (χ0) is 19.1. The number of hydrogen-bond acceptors (Lipinski definition) is 3. The van der Waals surface area contributed by atoms with Gasteiger partial charge in [-0.2, -0.15) is 0 Å². The number of aryl methyl sites for hydroxylation is 1. The molecule has 0 aliphatic rings. The minimum Gasteiger partial charge on any atom is -0.351 e. The van der Waals surface area contributed by atoms with Crippen LogP contribution in [0.25, 0.3) is 10.9 Å². The predicted molar refractivity (Wildman–Crippen MR) is 101 cm³/mol. The van der Waals surface area contributed by atoms with Crippen LogP contribution in [0.2, 0.25) is 0 Å². The van der Waals surface area contributed by atoms with Crippen LogP contribution in [0, 0.1) is 6.92 Å². The Hall–Kier alpha value is -2.64. The Bertz CT molecular complexity index is 1090. The largest absolute Gasteiger partial charge is 0.351 e. The summed E-state index contributed by atoms with van der Waals surface area (Å²) in [6, 6.07) is 13.8. The third-order valence-electron chi connectivity index (χ3n) is 4.58. The van der Waals surface area contributed by atoms with Crippen LogP contribution in [0.15, 0.2) is 53.4 Å². The number of H-pyrrole nitrogens is 1. The molecule has 0 spiro atoms. The first-order valence-corrected chi connectivity index (χ1v) is 9.71. The Morgan fingerprint density at radius 1 is 1.15 bits per heavy atom. The van der Waals surface area contributed by atoms with Crippen LogP contribution < -0.4 is 5.14 Å². The Balaban J connectivity index is 1.89. The van der Waals surface area contributed by atoms with Gasteiger partial charge in [0.05, 0.1) is 10.9 Å². The van der Waals surface area contributed by atoms with Crippen molar-refractivity contribution in [1.82, 2.24) is 9.88 Å². The van der Waals surface area contributed by atoms with Gasteiger partial charge in [-0.1, -0.05) is 24.3 Å². The lowest BCUT2D eigenvalue weighted by Crippen LogP contribution is -2.30. The molecule has 0 saturated heterocycles. The van der Waals surface area contributed by atoms with Gasteiger partial charge in [-0.25, -0.2) is 13.6 Å². The molecule has 3 N–H and O–H groups in total. The molecule has 1 amide bonds. The maximum Gasteiger partial charge on any atom is 0.270 e. The van der Waals surface area contributed by atoms with E-state index >= 15 is 0 Å². The Labute approximate surface area is 152 Å². The van der Waals surface area contributed by atoms with Gasteiger partial charge in [0.25, 0.3) is 5.91 Å². The fourth-order valence-electron chi connectivity index (χ4n) is 2.90. The van der Waals surface area contributed by atoms with Crippen molar-refractivity contribution in [2.24, 2.45) is 5.14 Å². The molecule has 0 unspecified atom stereocenters. The Morgan fingerprint density at radius 2 is 1.88 bits per heavy atom. The number of sulfonamides is 1. The first kappa shape index (κ1) is 18.2. The lowest BCUT2D eigenvalue weighted by Gasteiger charge is -2.25. The van der Waals surface area contributed by atoms with Crippen LogP contribution in [-0.4, -0.2) is 31.3 Å². The van der Waals surface area contributed by atoms with E-state index in [0.717, 1.165) is 16.5 Å². The maximum atomic E-state index is 12.8. The molecule has 0 fully saturated rings. The highest BCUT2D eigenvalue weighted by Crippen LogP contribution is 2.24. The standard InChI is InChI=1S/C19H21N3O3S/c1-12-7-8-15-11-18(21-17(15)9-12)19(23)22(3)13(2)14-5-4-6-16(10-14)26(20,24)25/h4-11,13,21H,1-3H3,(H2,20,24,25)/t13-/m0/s1. The van der Waals surface area contributed by atoms with Crippen LogP contribution in [0.1, 0.15) is 34.6 Å². The first-order valence-electron chi connectivity index (χ1n) is 8.16. The number of hydrogen-bond donors (Lipinski definition) is 2. The summed E-state index contributed by atoms with van der Waals surface area (Å²) in [5.41, 5.74) is 3.20. The van der Waals surface area contributed by atoms with E-state index in [1.807, 2.05) is 38.1 Å². The van der Waals surface area contributed by atoms with Crippen LogP contribution in [0.3, 0.4) is 0 Å². The summed E-state index contributed by atoms with van der Waals surface area (Å²) in [4.78, 5) is 17.6. The second-order valence-electron chi connectivity index (χ2n) is 6.48. The minimum atomic E-state index is -3.79. The van der Waals surface area contributed by atoms with E-state index in [1.165, 1.54) is 12.1 Å². The molecular weight excluding hydrogens is 350 g/mol. The fourth-order valence-corrected chi connectivity index (χ4v) is 3.47. The average molecular weight is 371 g/mol. The SMILES string of the molecule is Cc1ccc2cc(C(=O)N(C)[C@@H](C)c3cccc(S(N)(=O)=O)c3)[nH]c2c1. The van der Waals surface area contributed by atoms with E-state index in [2.05, 4.69) is 4.98 Å². The summed E-state index contributed by atoms with van der Waals surface area (Å²) in [6.07, 6.45) is 0. The zero-order valence-corrected chi connectivity index (χ0v) is 15.7. The van der Waals surface area contributed by atoms with Crippen molar-refractivity contribution >= 4 is 26.8 Å². The second kappa shape index (κ2) is 6.59. The van der Waals surface area contributed by atoms with E-state index in [9.17, 15) is 13.2 Å². The van der Waals surface area contributed by atoms with E-state index in [-0.39, 0.29) is 16.8 Å². The third kappa shape index (κ3) is 3.49. The van der Waals surface area contributed by atoms with Gasteiger partial charge in [-0.15, -0.1) is 0 Å². The van der Waals surface area contributed by atoms with Crippen LogP contribution in [0.5, 0.6) is 0 Å². The quantitative estimate of drug-likeness (QED) is 0.738. The van der Waals surface area contributed by atoms with Crippen LogP contribution >= 0.6 is 0 Å². The highest BCUT2D eigenvalue weighted by Gasteiger charge is 2.21. The molecule has 26 heavy (non-hydrogen) atoms. The topological polar surface area (TPSA) is 96.3 Å². The summed E-state index contributed by atoms with van der Waals surface area (Å²) in [6.45, 7) is 3.83. The molecular formula is C19H21N3O3S. The number of aromatic amines is 1. The van der Waals surface area contributed by atoms with Crippen molar-refractivity contribution in [2.45, 2.75) is 24.8 Å². The molecule has 1 heterocycles. The highest BCUT2D eigenvalue weighted by molar-refractivity contribution is 7.89. The molecule has 0 bridgehead atoms.